The zero-order chi connectivity index (χ0) is 17.2. The molecule has 24 heavy (non-hydrogen) atoms. The molecule has 1 aromatic carbocycles. The van der Waals surface area contributed by atoms with Crippen molar-refractivity contribution >= 4 is 23.0 Å². The van der Waals surface area contributed by atoms with Gasteiger partial charge in [-0.1, -0.05) is 18.2 Å². The van der Waals surface area contributed by atoms with Gasteiger partial charge < -0.3 is 20.3 Å². The molecule has 5 nitrogen and oxygen atoms in total. The highest BCUT2D eigenvalue weighted by Crippen LogP contribution is 2.16. The van der Waals surface area contributed by atoms with Crippen LogP contribution in [0.25, 0.3) is 0 Å². The van der Waals surface area contributed by atoms with E-state index in [1.54, 1.807) is 7.11 Å². The van der Waals surface area contributed by atoms with Crippen LogP contribution in [0.5, 0.6) is 0 Å². The average Bonchev–Trinajstić information content (AvgIpc) is 2.64. The van der Waals surface area contributed by atoms with E-state index in [2.05, 4.69) is 57.7 Å². The van der Waals surface area contributed by atoms with E-state index in [9.17, 15) is 0 Å². The molecule has 6 heteroatoms. The topological polar surface area (TPSA) is 39.8 Å². The summed E-state index contributed by atoms with van der Waals surface area (Å²) in [5, 5.41) is 7.28. The van der Waals surface area contributed by atoms with Crippen molar-refractivity contribution in [1.82, 2.24) is 15.5 Å². The Morgan fingerprint density at radius 2 is 1.88 bits per heavy atom. The van der Waals surface area contributed by atoms with E-state index in [1.807, 2.05) is 0 Å². The van der Waals surface area contributed by atoms with Gasteiger partial charge in [0.15, 0.2) is 5.11 Å². The van der Waals surface area contributed by atoms with Crippen LogP contribution in [-0.2, 0) is 4.74 Å². The van der Waals surface area contributed by atoms with Crippen molar-refractivity contribution in [1.29, 1.82) is 0 Å². The first-order chi connectivity index (χ1) is 11.7. The molecule has 0 aliphatic carbocycles. The first-order valence-corrected chi connectivity index (χ1v) is 9.16. The van der Waals surface area contributed by atoms with Crippen LogP contribution in [0.3, 0.4) is 0 Å². The molecule has 0 radical (unpaired) electrons. The normalized spacial score (nSPS) is 16.7. The number of thiocarbonyl (C=S) groups is 1. The first-order valence-electron chi connectivity index (χ1n) is 8.75. The molecule has 2 rings (SSSR count). The van der Waals surface area contributed by atoms with E-state index < -0.39 is 0 Å². The third-order valence-corrected chi connectivity index (χ3v) is 4.72. The lowest BCUT2D eigenvalue weighted by atomic mass is 10.2. The van der Waals surface area contributed by atoms with Gasteiger partial charge in [-0.2, -0.15) is 0 Å². The number of hydrogen-bond donors (Lipinski definition) is 2. The van der Waals surface area contributed by atoms with Gasteiger partial charge in [-0.25, -0.2) is 0 Å². The second-order valence-corrected chi connectivity index (χ2v) is 6.60. The van der Waals surface area contributed by atoms with Crippen LogP contribution in [0.4, 0.5) is 5.69 Å². The molecule has 2 N–H and O–H groups in total. The number of anilines is 1. The lowest BCUT2D eigenvalue weighted by Gasteiger charge is -2.39. The molecular weight excluding hydrogens is 320 g/mol. The highest BCUT2D eigenvalue weighted by molar-refractivity contribution is 7.80. The zero-order valence-electron chi connectivity index (χ0n) is 14.8. The Kier molecular flexibility index (Phi) is 8.28. The Hall–Kier alpha value is -1.37. The van der Waals surface area contributed by atoms with Crippen molar-refractivity contribution in [3.05, 3.63) is 30.3 Å². The number of para-hydroxylation sites is 1. The summed E-state index contributed by atoms with van der Waals surface area (Å²) in [4.78, 5) is 4.98. The summed E-state index contributed by atoms with van der Waals surface area (Å²) in [5.41, 5.74) is 1.32. The predicted molar refractivity (Wildman–Crippen MR) is 105 cm³/mol. The lowest BCUT2D eigenvalue weighted by molar-refractivity contribution is 0.195. The number of hydrogen-bond acceptors (Lipinski definition) is 4. The van der Waals surface area contributed by atoms with Gasteiger partial charge in [-0.05, 0) is 37.7 Å². The monoisotopic (exact) mass is 350 g/mol. The number of methoxy groups -OCH3 is 1. The van der Waals surface area contributed by atoms with Crippen molar-refractivity contribution in [3.63, 3.8) is 0 Å². The highest BCUT2D eigenvalue weighted by atomic mass is 32.1. The van der Waals surface area contributed by atoms with E-state index in [0.29, 0.717) is 6.04 Å². The largest absolute Gasteiger partial charge is 0.385 e. The van der Waals surface area contributed by atoms with Crippen LogP contribution < -0.4 is 15.5 Å². The SMILES string of the molecule is COCCCNC(=S)NC[C@H](C)N1CCN(c2ccccc2)CC1. The van der Waals surface area contributed by atoms with E-state index in [4.69, 9.17) is 17.0 Å². The Morgan fingerprint density at radius 3 is 2.54 bits per heavy atom. The fraction of sp³-hybridized carbons (Fsp3) is 0.611. The number of benzene rings is 1. The summed E-state index contributed by atoms with van der Waals surface area (Å²) in [5.74, 6) is 0. The minimum Gasteiger partial charge on any atom is -0.385 e. The Morgan fingerprint density at radius 1 is 1.17 bits per heavy atom. The Balaban J connectivity index is 1.64. The fourth-order valence-electron chi connectivity index (χ4n) is 2.91. The third-order valence-electron chi connectivity index (χ3n) is 4.43. The quantitative estimate of drug-likeness (QED) is 0.549. The molecule has 1 atom stereocenters. The molecule has 134 valence electrons. The fourth-order valence-corrected chi connectivity index (χ4v) is 3.10. The van der Waals surface area contributed by atoms with Crippen molar-refractivity contribution < 1.29 is 4.74 Å². The van der Waals surface area contributed by atoms with Gasteiger partial charge in [-0.3, -0.25) is 4.90 Å². The molecular formula is C18H30N4OS. The molecule has 0 bridgehead atoms. The maximum atomic E-state index is 5.32. The van der Waals surface area contributed by atoms with E-state index >= 15 is 0 Å². The van der Waals surface area contributed by atoms with Gasteiger partial charge in [0, 0.05) is 64.7 Å². The van der Waals surface area contributed by atoms with Crippen molar-refractivity contribution in [2.24, 2.45) is 0 Å². The van der Waals surface area contributed by atoms with Gasteiger partial charge in [-0.15, -0.1) is 0 Å². The number of nitrogens with zero attached hydrogens (tertiary/aromatic N) is 2. The minimum absolute atomic E-state index is 0.474. The summed E-state index contributed by atoms with van der Waals surface area (Å²) in [6.45, 7) is 9.08. The Labute approximate surface area is 151 Å². The molecule has 0 unspecified atom stereocenters. The third kappa shape index (κ3) is 6.26. The predicted octanol–water partition coefficient (Wildman–Crippen LogP) is 1.70. The van der Waals surface area contributed by atoms with Crippen LogP contribution in [0, 0.1) is 0 Å². The van der Waals surface area contributed by atoms with Gasteiger partial charge in [0.1, 0.15) is 0 Å². The van der Waals surface area contributed by atoms with Crippen LogP contribution >= 0.6 is 12.2 Å². The molecule has 1 heterocycles. The van der Waals surface area contributed by atoms with E-state index in [-0.39, 0.29) is 0 Å². The maximum Gasteiger partial charge on any atom is 0.166 e. The molecule has 0 spiro atoms. The summed E-state index contributed by atoms with van der Waals surface area (Å²) in [6, 6.07) is 11.1. The second-order valence-electron chi connectivity index (χ2n) is 6.19. The van der Waals surface area contributed by atoms with Crippen molar-refractivity contribution in [3.8, 4) is 0 Å². The molecule has 1 fully saturated rings. The zero-order valence-corrected chi connectivity index (χ0v) is 15.6. The van der Waals surface area contributed by atoms with Crippen molar-refractivity contribution in [2.75, 3.05) is 57.9 Å². The van der Waals surface area contributed by atoms with E-state index in [1.165, 1.54) is 5.69 Å². The number of piperazine rings is 1. The number of nitrogens with one attached hydrogen (secondary N) is 2. The molecule has 1 saturated heterocycles. The summed E-state index contributed by atoms with van der Waals surface area (Å²) in [6.07, 6.45) is 0.968. The van der Waals surface area contributed by atoms with Crippen LogP contribution in [0.1, 0.15) is 13.3 Å². The summed E-state index contributed by atoms with van der Waals surface area (Å²) in [7, 11) is 1.72. The van der Waals surface area contributed by atoms with Gasteiger partial charge in [0.25, 0.3) is 0 Å². The molecule has 0 amide bonds. The van der Waals surface area contributed by atoms with Crippen LogP contribution in [0.2, 0.25) is 0 Å². The Bertz CT molecular complexity index is 477. The van der Waals surface area contributed by atoms with Gasteiger partial charge in [0.05, 0.1) is 0 Å². The molecule has 1 aliphatic heterocycles. The first kappa shape index (κ1) is 19.0. The highest BCUT2D eigenvalue weighted by Gasteiger charge is 2.21. The van der Waals surface area contributed by atoms with Crippen LogP contribution in [-0.4, -0.2) is 69.0 Å². The molecule has 0 aromatic heterocycles. The molecule has 1 aliphatic rings. The summed E-state index contributed by atoms with van der Waals surface area (Å²) >= 11 is 5.32. The van der Waals surface area contributed by atoms with Gasteiger partial charge in [0.2, 0.25) is 0 Å². The van der Waals surface area contributed by atoms with E-state index in [0.717, 1.165) is 57.4 Å². The maximum absolute atomic E-state index is 5.32. The average molecular weight is 351 g/mol. The molecule has 0 saturated carbocycles. The molecule has 1 aromatic rings. The summed E-state index contributed by atoms with van der Waals surface area (Å²) < 4.78 is 5.03. The van der Waals surface area contributed by atoms with Crippen LogP contribution in [0.15, 0.2) is 30.3 Å². The second kappa shape index (κ2) is 10.5. The lowest BCUT2D eigenvalue weighted by Crippen LogP contribution is -2.53. The van der Waals surface area contributed by atoms with Crippen molar-refractivity contribution in [2.45, 2.75) is 19.4 Å². The number of ether oxygens (including phenoxy) is 1. The van der Waals surface area contributed by atoms with Gasteiger partial charge >= 0.3 is 0 Å². The number of rotatable bonds is 8. The smallest absolute Gasteiger partial charge is 0.166 e. The minimum atomic E-state index is 0.474. The standard InChI is InChI=1S/C18H30N4OS/c1-16(15-20-18(24)19-9-6-14-23-2)21-10-12-22(13-11-21)17-7-4-3-5-8-17/h3-5,7-8,16H,6,9-15H2,1-2H3,(H2,19,20,24)/t16-/m0/s1.